The maximum atomic E-state index is 4.32. The van der Waals surface area contributed by atoms with E-state index in [9.17, 15) is 0 Å². The number of benzene rings is 1. The van der Waals surface area contributed by atoms with E-state index < -0.39 is 0 Å². The van der Waals surface area contributed by atoms with Gasteiger partial charge in [-0.25, -0.2) is 4.98 Å². The first-order valence-corrected chi connectivity index (χ1v) is 5.99. The summed E-state index contributed by atoms with van der Waals surface area (Å²) in [7, 11) is 1.93. The van der Waals surface area contributed by atoms with Gasteiger partial charge in [-0.1, -0.05) is 18.2 Å². The van der Waals surface area contributed by atoms with Gasteiger partial charge in [0, 0.05) is 25.1 Å². The van der Waals surface area contributed by atoms with Crippen molar-refractivity contribution in [3.05, 3.63) is 54.9 Å². The van der Waals surface area contributed by atoms with Crippen molar-refractivity contribution in [2.24, 2.45) is 7.05 Å². The SMILES string of the molecule is Cn1cnnc1Cn1ccnc1Nc1ccccc1. The van der Waals surface area contributed by atoms with E-state index in [2.05, 4.69) is 20.5 Å². The molecule has 3 aromatic rings. The van der Waals surface area contributed by atoms with Gasteiger partial charge < -0.3 is 14.5 Å². The van der Waals surface area contributed by atoms with Crippen LogP contribution in [0.25, 0.3) is 0 Å². The summed E-state index contributed by atoms with van der Waals surface area (Å²) in [6.45, 7) is 0.631. The molecule has 6 nitrogen and oxygen atoms in total. The number of hydrogen-bond donors (Lipinski definition) is 1. The van der Waals surface area contributed by atoms with Gasteiger partial charge in [0.2, 0.25) is 5.95 Å². The van der Waals surface area contributed by atoms with E-state index in [0.717, 1.165) is 17.5 Å². The molecule has 96 valence electrons. The molecule has 0 bridgehead atoms. The molecule has 0 aliphatic carbocycles. The Bertz CT molecular complexity index is 655. The minimum Gasteiger partial charge on any atom is -0.326 e. The predicted molar refractivity (Wildman–Crippen MR) is 72.1 cm³/mol. The second-order valence-corrected chi connectivity index (χ2v) is 4.23. The maximum absolute atomic E-state index is 4.32. The molecule has 1 aromatic carbocycles. The lowest BCUT2D eigenvalue weighted by molar-refractivity contribution is 0.703. The van der Waals surface area contributed by atoms with Crippen molar-refractivity contribution < 1.29 is 0 Å². The quantitative estimate of drug-likeness (QED) is 0.771. The van der Waals surface area contributed by atoms with Crippen LogP contribution < -0.4 is 5.32 Å². The Morgan fingerprint density at radius 2 is 2.05 bits per heavy atom. The van der Waals surface area contributed by atoms with Crippen LogP contribution in [0.1, 0.15) is 5.82 Å². The molecule has 19 heavy (non-hydrogen) atoms. The van der Waals surface area contributed by atoms with Gasteiger partial charge >= 0.3 is 0 Å². The summed E-state index contributed by atoms with van der Waals surface area (Å²) < 4.78 is 3.89. The van der Waals surface area contributed by atoms with Crippen molar-refractivity contribution in [3.63, 3.8) is 0 Å². The Kier molecular flexibility index (Phi) is 2.97. The molecule has 1 N–H and O–H groups in total. The molecular weight excluding hydrogens is 240 g/mol. The van der Waals surface area contributed by atoms with Crippen LogP contribution in [-0.2, 0) is 13.6 Å². The minimum atomic E-state index is 0.631. The summed E-state index contributed by atoms with van der Waals surface area (Å²) in [6.07, 6.45) is 5.37. The average molecular weight is 254 g/mol. The molecular formula is C13H14N6. The summed E-state index contributed by atoms with van der Waals surface area (Å²) in [6, 6.07) is 9.95. The van der Waals surface area contributed by atoms with Gasteiger partial charge in [-0.05, 0) is 12.1 Å². The summed E-state index contributed by atoms with van der Waals surface area (Å²) in [5, 5.41) is 11.2. The van der Waals surface area contributed by atoms with Crippen molar-refractivity contribution in [1.29, 1.82) is 0 Å². The third-order valence-corrected chi connectivity index (χ3v) is 2.86. The molecule has 0 saturated carbocycles. The summed E-state index contributed by atoms with van der Waals surface area (Å²) >= 11 is 0. The molecule has 2 heterocycles. The highest BCUT2D eigenvalue weighted by atomic mass is 15.3. The molecule has 0 amide bonds. The highest BCUT2D eigenvalue weighted by Gasteiger charge is 2.07. The Hall–Kier alpha value is -2.63. The topological polar surface area (TPSA) is 60.6 Å². The molecule has 0 fully saturated rings. The third-order valence-electron chi connectivity index (χ3n) is 2.86. The second-order valence-electron chi connectivity index (χ2n) is 4.23. The van der Waals surface area contributed by atoms with E-state index in [1.165, 1.54) is 0 Å². The number of aryl methyl sites for hydroxylation is 1. The number of anilines is 2. The fourth-order valence-corrected chi connectivity index (χ4v) is 1.81. The zero-order valence-electron chi connectivity index (χ0n) is 10.6. The van der Waals surface area contributed by atoms with Crippen LogP contribution in [0.4, 0.5) is 11.6 Å². The molecule has 0 aliphatic rings. The highest BCUT2D eigenvalue weighted by molar-refractivity contribution is 5.53. The van der Waals surface area contributed by atoms with Gasteiger partial charge in [0.05, 0.1) is 6.54 Å². The van der Waals surface area contributed by atoms with E-state index in [1.807, 2.05) is 52.7 Å². The molecule has 0 saturated heterocycles. The molecule has 6 heteroatoms. The van der Waals surface area contributed by atoms with Gasteiger partial charge in [-0.3, -0.25) is 0 Å². The van der Waals surface area contributed by atoms with Gasteiger partial charge in [0.1, 0.15) is 6.33 Å². The Morgan fingerprint density at radius 3 is 2.79 bits per heavy atom. The van der Waals surface area contributed by atoms with Crippen LogP contribution in [0.15, 0.2) is 49.1 Å². The first-order chi connectivity index (χ1) is 9.33. The molecule has 0 atom stereocenters. The van der Waals surface area contributed by atoms with E-state index in [4.69, 9.17) is 0 Å². The van der Waals surface area contributed by atoms with E-state index in [-0.39, 0.29) is 0 Å². The van der Waals surface area contributed by atoms with E-state index in [1.54, 1.807) is 12.5 Å². The average Bonchev–Trinajstić information content (AvgIpc) is 3.02. The number of nitrogens with one attached hydrogen (secondary N) is 1. The van der Waals surface area contributed by atoms with Crippen molar-refractivity contribution >= 4 is 11.6 Å². The van der Waals surface area contributed by atoms with E-state index in [0.29, 0.717) is 6.54 Å². The number of imidazole rings is 1. The van der Waals surface area contributed by atoms with Crippen LogP contribution in [-0.4, -0.2) is 24.3 Å². The smallest absolute Gasteiger partial charge is 0.207 e. The molecule has 0 aliphatic heterocycles. The zero-order chi connectivity index (χ0) is 13.1. The lowest BCUT2D eigenvalue weighted by Crippen LogP contribution is -2.08. The Balaban J connectivity index is 1.81. The maximum Gasteiger partial charge on any atom is 0.207 e. The Morgan fingerprint density at radius 1 is 1.21 bits per heavy atom. The number of rotatable bonds is 4. The monoisotopic (exact) mass is 254 g/mol. The molecule has 0 radical (unpaired) electrons. The highest BCUT2D eigenvalue weighted by Crippen LogP contribution is 2.14. The summed E-state index contributed by atoms with van der Waals surface area (Å²) in [5.74, 6) is 1.67. The lowest BCUT2D eigenvalue weighted by Gasteiger charge is -2.09. The fourth-order valence-electron chi connectivity index (χ4n) is 1.81. The third kappa shape index (κ3) is 2.47. The van der Waals surface area contributed by atoms with Crippen molar-refractivity contribution in [1.82, 2.24) is 24.3 Å². The molecule has 3 rings (SSSR count). The van der Waals surface area contributed by atoms with Gasteiger partial charge in [-0.15, -0.1) is 10.2 Å². The Labute approximate surface area is 110 Å². The predicted octanol–water partition coefficient (Wildman–Crippen LogP) is 1.80. The molecule has 0 spiro atoms. The normalized spacial score (nSPS) is 10.6. The summed E-state index contributed by atoms with van der Waals surface area (Å²) in [4.78, 5) is 4.32. The van der Waals surface area contributed by atoms with Crippen molar-refractivity contribution in [3.8, 4) is 0 Å². The second kappa shape index (κ2) is 4.93. The first-order valence-electron chi connectivity index (χ1n) is 5.99. The first kappa shape index (κ1) is 11.5. The molecule has 2 aromatic heterocycles. The van der Waals surface area contributed by atoms with Crippen LogP contribution in [0.2, 0.25) is 0 Å². The largest absolute Gasteiger partial charge is 0.326 e. The lowest BCUT2D eigenvalue weighted by atomic mass is 10.3. The van der Waals surface area contributed by atoms with Gasteiger partial charge in [-0.2, -0.15) is 0 Å². The number of hydrogen-bond acceptors (Lipinski definition) is 4. The van der Waals surface area contributed by atoms with Crippen LogP contribution in [0.3, 0.4) is 0 Å². The fraction of sp³-hybridized carbons (Fsp3) is 0.154. The van der Waals surface area contributed by atoms with Gasteiger partial charge in [0.15, 0.2) is 5.82 Å². The minimum absolute atomic E-state index is 0.631. The number of para-hydroxylation sites is 1. The van der Waals surface area contributed by atoms with Gasteiger partial charge in [0.25, 0.3) is 0 Å². The zero-order valence-corrected chi connectivity index (χ0v) is 10.6. The number of aromatic nitrogens is 5. The number of nitrogens with zero attached hydrogens (tertiary/aromatic N) is 5. The van der Waals surface area contributed by atoms with Crippen LogP contribution >= 0.6 is 0 Å². The van der Waals surface area contributed by atoms with Crippen LogP contribution in [0, 0.1) is 0 Å². The van der Waals surface area contributed by atoms with Crippen LogP contribution in [0.5, 0.6) is 0 Å². The van der Waals surface area contributed by atoms with E-state index >= 15 is 0 Å². The standard InChI is InChI=1S/C13H14N6/c1-18-10-15-17-12(18)9-19-8-7-14-13(19)16-11-5-3-2-4-6-11/h2-8,10H,9H2,1H3,(H,14,16). The molecule has 0 unspecified atom stereocenters. The van der Waals surface area contributed by atoms with Crippen molar-refractivity contribution in [2.75, 3.05) is 5.32 Å². The summed E-state index contributed by atoms with van der Waals surface area (Å²) in [5.41, 5.74) is 1.01. The van der Waals surface area contributed by atoms with Crippen molar-refractivity contribution in [2.45, 2.75) is 6.54 Å².